The van der Waals surface area contributed by atoms with Crippen LogP contribution in [0.4, 0.5) is 8.78 Å². The molecule has 3 aromatic rings. The van der Waals surface area contributed by atoms with Crippen LogP contribution in [0.1, 0.15) is 28.7 Å². The van der Waals surface area contributed by atoms with Gasteiger partial charge >= 0.3 is 5.97 Å². The Bertz CT molecular complexity index is 1160. The molecule has 0 aliphatic carbocycles. The molecule has 2 aromatic heterocycles. The van der Waals surface area contributed by atoms with Crippen molar-refractivity contribution in [2.75, 3.05) is 6.61 Å². The predicted molar refractivity (Wildman–Crippen MR) is 103 cm³/mol. The second-order valence-corrected chi connectivity index (χ2v) is 7.20. The highest BCUT2D eigenvalue weighted by molar-refractivity contribution is 9.13. The zero-order chi connectivity index (χ0) is 20.6. The maximum absolute atomic E-state index is 13.6. The van der Waals surface area contributed by atoms with Crippen LogP contribution in [-0.4, -0.2) is 27.2 Å². The first kappa shape index (κ1) is 20.2. The lowest BCUT2D eigenvalue weighted by Gasteiger charge is -2.10. The molecule has 28 heavy (non-hydrogen) atoms. The van der Waals surface area contributed by atoms with Crippen LogP contribution in [-0.2, 0) is 11.3 Å². The van der Waals surface area contributed by atoms with E-state index in [-0.39, 0.29) is 35.4 Å². The van der Waals surface area contributed by atoms with E-state index in [1.807, 2.05) is 6.07 Å². The van der Waals surface area contributed by atoms with Crippen LogP contribution in [0.25, 0.3) is 10.9 Å². The lowest BCUT2D eigenvalue weighted by molar-refractivity contribution is 0.0516. The standard InChI is InChI=1S/C18H11Br2F2N3O3/c1-2-28-18(27)14-16(26)12-13(19)17(20)25(15(12)11(6-23)24-14)7-8-3-4-9(21)10(22)5-8/h3-5,26H,2,7H2,1H3. The highest BCUT2D eigenvalue weighted by Gasteiger charge is 2.27. The number of carbonyl (C=O) groups is 1. The van der Waals surface area contributed by atoms with E-state index < -0.39 is 23.4 Å². The number of aromatic hydroxyl groups is 1. The maximum Gasteiger partial charge on any atom is 0.360 e. The third-order valence-electron chi connectivity index (χ3n) is 3.95. The Hall–Kier alpha value is -2.51. The number of halogens is 4. The molecule has 3 rings (SSSR count). The number of carbonyl (C=O) groups excluding carboxylic acids is 1. The number of benzene rings is 1. The molecular weight excluding hydrogens is 504 g/mol. The van der Waals surface area contributed by atoms with Gasteiger partial charge in [-0.05, 0) is 56.5 Å². The SMILES string of the molecule is CCOC(=O)c1nc(C#N)c2c(c1O)c(Br)c(Br)n2Cc1ccc(F)c(F)c1. The number of hydrogen-bond donors (Lipinski definition) is 1. The summed E-state index contributed by atoms with van der Waals surface area (Å²) in [4.78, 5) is 16.0. The molecule has 144 valence electrons. The number of aromatic nitrogens is 2. The molecule has 0 aliphatic rings. The van der Waals surface area contributed by atoms with Gasteiger partial charge in [0.1, 0.15) is 10.7 Å². The Labute approximate surface area is 174 Å². The molecular formula is C18H11Br2F2N3O3. The van der Waals surface area contributed by atoms with Gasteiger partial charge in [0.2, 0.25) is 0 Å². The number of ether oxygens (including phenoxy) is 1. The summed E-state index contributed by atoms with van der Waals surface area (Å²) in [6.45, 7) is 1.72. The molecule has 2 heterocycles. The summed E-state index contributed by atoms with van der Waals surface area (Å²) in [5.41, 5.74) is 0.118. The van der Waals surface area contributed by atoms with Crippen molar-refractivity contribution in [3.63, 3.8) is 0 Å². The molecule has 0 bridgehead atoms. The van der Waals surface area contributed by atoms with E-state index in [9.17, 15) is 23.9 Å². The van der Waals surface area contributed by atoms with E-state index in [4.69, 9.17) is 4.74 Å². The number of rotatable bonds is 4. The lowest BCUT2D eigenvalue weighted by atomic mass is 10.1. The minimum Gasteiger partial charge on any atom is -0.505 e. The van der Waals surface area contributed by atoms with Crippen molar-refractivity contribution < 1.29 is 23.4 Å². The number of hydrogen-bond acceptors (Lipinski definition) is 5. The van der Waals surface area contributed by atoms with Crippen molar-refractivity contribution in [2.45, 2.75) is 13.5 Å². The summed E-state index contributed by atoms with van der Waals surface area (Å²) in [7, 11) is 0. The smallest absolute Gasteiger partial charge is 0.360 e. The maximum atomic E-state index is 13.6. The number of nitrogens with zero attached hydrogens (tertiary/aromatic N) is 3. The van der Waals surface area contributed by atoms with Crippen molar-refractivity contribution in [3.8, 4) is 11.8 Å². The number of fused-ring (bicyclic) bond motifs is 1. The van der Waals surface area contributed by atoms with E-state index in [0.29, 0.717) is 14.6 Å². The molecule has 6 nitrogen and oxygen atoms in total. The van der Waals surface area contributed by atoms with Crippen LogP contribution in [0.2, 0.25) is 0 Å². The first-order chi connectivity index (χ1) is 13.3. The van der Waals surface area contributed by atoms with Gasteiger partial charge < -0.3 is 14.4 Å². The normalized spacial score (nSPS) is 10.9. The second kappa shape index (κ2) is 7.85. The molecule has 1 aromatic carbocycles. The van der Waals surface area contributed by atoms with Gasteiger partial charge in [-0.25, -0.2) is 18.6 Å². The van der Waals surface area contributed by atoms with Crippen LogP contribution >= 0.6 is 31.9 Å². The van der Waals surface area contributed by atoms with E-state index in [1.54, 1.807) is 11.5 Å². The molecule has 0 spiro atoms. The van der Waals surface area contributed by atoms with Crippen LogP contribution in [0.15, 0.2) is 27.3 Å². The fourth-order valence-electron chi connectivity index (χ4n) is 2.75. The highest BCUT2D eigenvalue weighted by Crippen LogP contribution is 2.42. The first-order valence-electron chi connectivity index (χ1n) is 7.91. The topological polar surface area (TPSA) is 88.1 Å². The van der Waals surface area contributed by atoms with Crippen molar-refractivity contribution in [1.82, 2.24) is 9.55 Å². The van der Waals surface area contributed by atoms with Crippen molar-refractivity contribution >= 4 is 48.7 Å². The van der Waals surface area contributed by atoms with Gasteiger partial charge in [-0.3, -0.25) is 0 Å². The van der Waals surface area contributed by atoms with Crippen LogP contribution in [0.3, 0.4) is 0 Å². The molecule has 10 heteroatoms. The lowest BCUT2D eigenvalue weighted by Crippen LogP contribution is -2.10. The Morgan fingerprint density at radius 1 is 1.36 bits per heavy atom. The average Bonchev–Trinajstić information content (AvgIpc) is 2.91. The molecule has 0 atom stereocenters. The van der Waals surface area contributed by atoms with E-state index >= 15 is 0 Å². The Morgan fingerprint density at radius 3 is 2.68 bits per heavy atom. The minimum atomic E-state index is -1.00. The number of pyridine rings is 1. The molecule has 0 radical (unpaired) electrons. The predicted octanol–water partition coefficient (Wildman–Crippen LogP) is 4.64. The quantitative estimate of drug-likeness (QED) is 0.512. The third kappa shape index (κ3) is 3.36. The zero-order valence-corrected chi connectivity index (χ0v) is 17.4. The molecule has 0 unspecified atom stereocenters. The first-order valence-corrected chi connectivity index (χ1v) is 9.50. The molecule has 0 saturated heterocycles. The van der Waals surface area contributed by atoms with Crippen molar-refractivity contribution in [3.05, 3.63) is 55.9 Å². The largest absolute Gasteiger partial charge is 0.505 e. The second-order valence-electron chi connectivity index (χ2n) is 5.65. The monoisotopic (exact) mass is 513 g/mol. The van der Waals surface area contributed by atoms with Gasteiger partial charge in [-0.2, -0.15) is 5.26 Å². The number of nitriles is 1. The fourth-order valence-corrected chi connectivity index (χ4v) is 3.84. The van der Waals surface area contributed by atoms with Gasteiger partial charge in [-0.1, -0.05) is 6.07 Å². The van der Waals surface area contributed by atoms with Gasteiger partial charge in [0.25, 0.3) is 0 Å². The van der Waals surface area contributed by atoms with Gasteiger partial charge in [0.15, 0.2) is 28.8 Å². The summed E-state index contributed by atoms with van der Waals surface area (Å²) in [6, 6.07) is 5.33. The van der Waals surface area contributed by atoms with Crippen LogP contribution in [0, 0.1) is 23.0 Å². The van der Waals surface area contributed by atoms with E-state index in [0.717, 1.165) is 12.1 Å². The average molecular weight is 515 g/mol. The van der Waals surface area contributed by atoms with Crippen LogP contribution < -0.4 is 0 Å². The molecule has 0 amide bonds. The van der Waals surface area contributed by atoms with Gasteiger partial charge in [0.05, 0.1) is 22.0 Å². The Balaban J connectivity index is 2.26. The van der Waals surface area contributed by atoms with Crippen molar-refractivity contribution in [1.29, 1.82) is 5.26 Å². The molecule has 0 fully saturated rings. The molecule has 0 saturated carbocycles. The zero-order valence-electron chi connectivity index (χ0n) is 14.3. The summed E-state index contributed by atoms with van der Waals surface area (Å²) < 4.78 is 34.0. The van der Waals surface area contributed by atoms with Crippen LogP contribution in [0.5, 0.6) is 5.75 Å². The summed E-state index contributed by atoms with van der Waals surface area (Å²) in [6.07, 6.45) is 0. The fraction of sp³-hybridized carbons (Fsp3) is 0.167. The Kier molecular flexibility index (Phi) is 5.67. The molecule has 0 aliphatic heterocycles. The summed E-state index contributed by atoms with van der Waals surface area (Å²) in [5.74, 6) is -3.30. The molecule has 1 N–H and O–H groups in total. The van der Waals surface area contributed by atoms with E-state index in [2.05, 4.69) is 36.8 Å². The summed E-state index contributed by atoms with van der Waals surface area (Å²) in [5, 5.41) is 20.3. The third-order valence-corrected chi connectivity index (χ3v) is 6.08. The van der Waals surface area contributed by atoms with E-state index in [1.165, 1.54) is 6.07 Å². The van der Waals surface area contributed by atoms with Crippen molar-refractivity contribution in [2.24, 2.45) is 0 Å². The summed E-state index contributed by atoms with van der Waals surface area (Å²) >= 11 is 6.68. The van der Waals surface area contributed by atoms with Gasteiger partial charge in [0, 0.05) is 6.54 Å². The minimum absolute atomic E-state index is 0.0500. The Morgan fingerprint density at radius 2 is 2.07 bits per heavy atom. The number of esters is 1. The highest BCUT2D eigenvalue weighted by atomic mass is 79.9. The van der Waals surface area contributed by atoms with Gasteiger partial charge in [-0.15, -0.1) is 0 Å².